The number of benzene rings is 1. The summed E-state index contributed by atoms with van der Waals surface area (Å²) in [5.41, 5.74) is 1.17. The lowest BCUT2D eigenvalue weighted by Crippen LogP contribution is -2.45. The second kappa shape index (κ2) is 8.18. The fraction of sp³-hybridized carbons (Fsp3) is 0.611. The van der Waals surface area contributed by atoms with Gasteiger partial charge in [0.2, 0.25) is 5.91 Å². The SMILES string of the molecule is CC(=O)NC1CCC(N[C@H](C)COc2ccccc2C)CC1. The Morgan fingerprint density at radius 3 is 2.50 bits per heavy atom. The highest BCUT2D eigenvalue weighted by Gasteiger charge is 2.22. The molecule has 1 atom stereocenters. The van der Waals surface area contributed by atoms with Crippen molar-refractivity contribution < 1.29 is 9.53 Å². The summed E-state index contributed by atoms with van der Waals surface area (Å²) in [6, 6.07) is 9.31. The van der Waals surface area contributed by atoms with Crippen molar-refractivity contribution in [3.05, 3.63) is 29.8 Å². The predicted octanol–water partition coefficient (Wildman–Crippen LogP) is 2.80. The first-order chi connectivity index (χ1) is 10.5. The highest BCUT2D eigenvalue weighted by atomic mass is 16.5. The first-order valence-electron chi connectivity index (χ1n) is 8.26. The van der Waals surface area contributed by atoms with E-state index in [4.69, 9.17) is 4.74 Å². The Morgan fingerprint density at radius 2 is 1.86 bits per heavy atom. The number of carbonyl (C=O) groups excluding carboxylic acids is 1. The van der Waals surface area contributed by atoms with Crippen molar-refractivity contribution >= 4 is 5.91 Å². The lowest BCUT2D eigenvalue weighted by Gasteiger charge is -2.31. The van der Waals surface area contributed by atoms with Crippen molar-refractivity contribution in [2.45, 2.75) is 64.6 Å². The van der Waals surface area contributed by atoms with Gasteiger partial charge in [0.25, 0.3) is 0 Å². The number of amides is 1. The Bertz CT molecular complexity index is 482. The van der Waals surface area contributed by atoms with Gasteiger partial charge < -0.3 is 15.4 Å². The summed E-state index contributed by atoms with van der Waals surface area (Å²) in [6.45, 7) is 6.50. The predicted molar refractivity (Wildman–Crippen MR) is 89.1 cm³/mol. The van der Waals surface area contributed by atoms with Gasteiger partial charge in [-0.25, -0.2) is 0 Å². The molecule has 0 radical (unpaired) electrons. The van der Waals surface area contributed by atoms with Crippen LogP contribution in [0.3, 0.4) is 0 Å². The molecule has 4 nitrogen and oxygen atoms in total. The first kappa shape index (κ1) is 16.8. The van der Waals surface area contributed by atoms with E-state index in [2.05, 4.69) is 30.5 Å². The van der Waals surface area contributed by atoms with Crippen LogP contribution in [0.25, 0.3) is 0 Å². The monoisotopic (exact) mass is 304 g/mol. The van der Waals surface area contributed by atoms with Crippen LogP contribution in [0.5, 0.6) is 5.75 Å². The van der Waals surface area contributed by atoms with E-state index in [-0.39, 0.29) is 5.91 Å². The van der Waals surface area contributed by atoms with Crippen molar-refractivity contribution in [3.63, 3.8) is 0 Å². The van der Waals surface area contributed by atoms with Gasteiger partial charge in [0.1, 0.15) is 12.4 Å². The third-order valence-electron chi connectivity index (χ3n) is 4.24. The summed E-state index contributed by atoms with van der Waals surface area (Å²) < 4.78 is 5.89. The van der Waals surface area contributed by atoms with Gasteiger partial charge in [0, 0.05) is 25.0 Å². The number of hydrogen-bond donors (Lipinski definition) is 2. The maximum atomic E-state index is 11.1. The third kappa shape index (κ3) is 5.34. The van der Waals surface area contributed by atoms with Crippen molar-refractivity contribution in [1.29, 1.82) is 0 Å². The molecule has 0 spiro atoms. The highest BCUT2D eigenvalue weighted by molar-refractivity contribution is 5.73. The molecule has 0 saturated heterocycles. The first-order valence-corrected chi connectivity index (χ1v) is 8.26. The molecule has 0 aliphatic heterocycles. The van der Waals surface area contributed by atoms with Crippen LogP contribution in [0.4, 0.5) is 0 Å². The zero-order chi connectivity index (χ0) is 15.9. The van der Waals surface area contributed by atoms with Crippen LogP contribution in [0.15, 0.2) is 24.3 Å². The van der Waals surface area contributed by atoms with Crippen molar-refractivity contribution in [2.24, 2.45) is 0 Å². The number of nitrogens with one attached hydrogen (secondary N) is 2. The van der Waals surface area contributed by atoms with Crippen LogP contribution in [0.1, 0.15) is 45.1 Å². The van der Waals surface area contributed by atoms with E-state index in [9.17, 15) is 4.79 Å². The molecule has 0 aromatic heterocycles. The molecule has 122 valence electrons. The largest absolute Gasteiger partial charge is 0.492 e. The average Bonchev–Trinajstić information content (AvgIpc) is 2.48. The third-order valence-corrected chi connectivity index (χ3v) is 4.24. The molecule has 0 heterocycles. The maximum Gasteiger partial charge on any atom is 0.217 e. The normalized spacial score (nSPS) is 22.9. The summed E-state index contributed by atoms with van der Waals surface area (Å²) in [5, 5.41) is 6.66. The van der Waals surface area contributed by atoms with Crippen LogP contribution in [0.2, 0.25) is 0 Å². The number of carbonyl (C=O) groups is 1. The van der Waals surface area contributed by atoms with Gasteiger partial charge in [-0.1, -0.05) is 18.2 Å². The standard InChI is InChI=1S/C18H28N2O2/c1-13-6-4-5-7-18(13)22-12-14(2)19-16-8-10-17(11-9-16)20-15(3)21/h4-7,14,16-17,19H,8-12H2,1-3H3,(H,20,21)/t14-,16?,17?/m1/s1. The Kier molecular flexibility index (Phi) is 6.25. The van der Waals surface area contributed by atoms with Crippen LogP contribution < -0.4 is 15.4 Å². The van der Waals surface area contributed by atoms with Crippen molar-refractivity contribution in [2.75, 3.05) is 6.61 Å². The molecule has 1 amide bonds. The fourth-order valence-corrected chi connectivity index (χ4v) is 3.08. The second-order valence-corrected chi connectivity index (χ2v) is 6.39. The van der Waals surface area contributed by atoms with Crippen LogP contribution in [0, 0.1) is 6.92 Å². The lowest BCUT2D eigenvalue weighted by atomic mass is 9.90. The van der Waals surface area contributed by atoms with E-state index in [1.54, 1.807) is 6.92 Å². The molecule has 1 aromatic carbocycles. The number of hydrogen-bond acceptors (Lipinski definition) is 3. The lowest BCUT2D eigenvalue weighted by molar-refractivity contribution is -0.119. The second-order valence-electron chi connectivity index (χ2n) is 6.39. The number of rotatable bonds is 6. The molecule has 4 heteroatoms. The number of ether oxygens (including phenoxy) is 1. The molecule has 22 heavy (non-hydrogen) atoms. The van der Waals surface area contributed by atoms with E-state index < -0.39 is 0 Å². The average molecular weight is 304 g/mol. The Hall–Kier alpha value is -1.55. The van der Waals surface area contributed by atoms with Crippen LogP contribution in [-0.4, -0.2) is 30.6 Å². The van der Waals surface area contributed by atoms with E-state index in [1.807, 2.05) is 18.2 Å². The maximum absolute atomic E-state index is 11.1. The molecule has 1 aliphatic rings. The summed E-state index contributed by atoms with van der Waals surface area (Å²) in [7, 11) is 0. The highest BCUT2D eigenvalue weighted by Crippen LogP contribution is 2.20. The molecular formula is C18H28N2O2. The number of para-hydroxylation sites is 1. The molecule has 1 aromatic rings. The molecule has 0 bridgehead atoms. The van der Waals surface area contributed by atoms with E-state index in [0.29, 0.717) is 24.7 Å². The van der Waals surface area contributed by atoms with Crippen LogP contribution >= 0.6 is 0 Å². The van der Waals surface area contributed by atoms with Crippen LogP contribution in [-0.2, 0) is 4.79 Å². The zero-order valence-electron chi connectivity index (χ0n) is 13.9. The van der Waals surface area contributed by atoms with Gasteiger partial charge in [0.05, 0.1) is 0 Å². The minimum atomic E-state index is 0.0800. The topological polar surface area (TPSA) is 50.4 Å². The van der Waals surface area contributed by atoms with Crippen molar-refractivity contribution in [3.8, 4) is 5.75 Å². The van der Waals surface area contributed by atoms with Gasteiger partial charge in [-0.3, -0.25) is 4.79 Å². The molecule has 2 N–H and O–H groups in total. The molecular weight excluding hydrogens is 276 g/mol. The van der Waals surface area contributed by atoms with Crippen molar-refractivity contribution in [1.82, 2.24) is 10.6 Å². The smallest absolute Gasteiger partial charge is 0.217 e. The number of aryl methyl sites for hydroxylation is 1. The summed E-state index contributed by atoms with van der Waals surface area (Å²) in [4.78, 5) is 11.1. The molecule has 0 unspecified atom stereocenters. The summed E-state index contributed by atoms with van der Waals surface area (Å²) in [5.74, 6) is 1.04. The van der Waals surface area contributed by atoms with E-state index in [0.717, 1.165) is 31.4 Å². The van der Waals surface area contributed by atoms with E-state index in [1.165, 1.54) is 5.56 Å². The minimum absolute atomic E-state index is 0.0800. The Morgan fingerprint density at radius 1 is 1.23 bits per heavy atom. The van der Waals surface area contributed by atoms with Gasteiger partial charge >= 0.3 is 0 Å². The molecule has 1 aliphatic carbocycles. The van der Waals surface area contributed by atoms with E-state index >= 15 is 0 Å². The molecule has 2 rings (SSSR count). The summed E-state index contributed by atoms with van der Waals surface area (Å²) >= 11 is 0. The van der Waals surface area contributed by atoms with Gasteiger partial charge in [-0.15, -0.1) is 0 Å². The Labute approximate surface area is 133 Å². The van der Waals surface area contributed by atoms with Gasteiger partial charge in [-0.05, 0) is 51.2 Å². The Balaban J connectivity index is 1.69. The quantitative estimate of drug-likeness (QED) is 0.849. The zero-order valence-corrected chi connectivity index (χ0v) is 13.9. The summed E-state index contributed by atoms with van der Waals surface area (Å²) in [6.07, 6.45) is 4.34. The minimum Gasteiger partial charge on any atom is -0.492 e. The molecule has 1 fully saturated rings. The van der Waals surface area contributed by atoms with Gasteiger partial charge in [-0.2, -0.15) is 0 Å². The molecule has 1 saturated carbocycles. The fourth-order valence-electron chi connectivity index (χ4n) is 3.08. The van der Waals surface area contributed by atoms with Gasteiger partial charge in [0.15, 0.2) is 0 Å².